The van der Waals surface area contributed by atoms with E-state index in [4.69, 9.17) is 0 Å². The van der Waals surface area contributed by atoms with Crippen molar-refractivity contribution in [2.75, 3.05) is 6.54 Å². The highest BCUT2D eigenvalue weighted by Gasteiger charge is 2.29. The quantitative estimate of drug-likeness (QED) is 0.862. The van der Waals surface area contributed by atoms with E-state index in [0.29, 0.717) is 13.0 Å². The Morgan fingerprint density at radius 2 is 2.13 bits per heavy atom. The summed E-state index contributed by atoms with van der Waals surface area (Å²) in [5.41, 5.74) is 3.16. The number of thiazole rings is 1. The van der Waals surface area contributed by atoms with Crippen LogP contribution in [0.2, 0.25) is 0 Å². The maximum Gasteiger partial charge on any atom is 0.225 e. The minimum absolute atomic E-state index is 0.162. The van der Waals surface area contributed by atoms with Gasteiger partial charge < -0.3 is 4.90 Å². The molecule has 0 bridgehead atoms. The van der Waals surface area contributed by atoms with Gasteiger partial charge in [0.1, 0.15) is 5.01 Å². The molecule has 0 spiro atoms. The molecule has 0 N–H and O–H groups in total. The van der Waals surface area contributed by atoms with Gasteiger partial charge in [0.2, 0.25) is 5.91 Å². The second-order valence-electron chi connectivity index (χ2n) is 6.33. The molecule has 0 aliphatic carbocycles. The van der Waals surface area contributed by atoms with Crippen LogP contribution in [-0.2, 0) is 11.3 Å². The van der Waals surface area contributed by atoms with Crippen LogP contribution in [-0.4, -0.2) is 32.1 Å². The molecule has 124 valence electrons. The van der Waals surface area contributed by atoms with Crippen molar-refractivity contribution in [1.29, 1.82) is 0 Å². The Bertz CT molecular complexity index is 691. The smallest absolute Gasteiger partial charge is 0.225 e. The first-order valence-electron chi connectivity index (χ1n) is 8.27. The predicted molar refractivity (Wildman–Crippen MR) is 91.5 cm³/mol. The van der Waals surface area contributed by atoms with Crippen LogP contribution >= 0.6 is 11.3 Å². The number of aryl methyl sites for hydroxylation is 4. The zero-order chi connectivity index (χ0) is 16.4. The Balaban J connectivity index is 1.67. The molecule has 23 heavy (non-hydrogen) atoms. The van der Waals surface area contributed by atoms with Crippen molar-refractivity contribution < 1.29 is 4.79 Å². The SMILES string of the molecule is Cc1csc([C@@H]2CCCCN2C(=O)CCn2nc(C)cc2C)n1. The van der Waals surface area contributed by atoms with Crippen molar-refractivity contribution in [2.45, 2.75) is 59.0 Å². The van der Waals surface area contributed by atoms with Crippen molar-refractivity contribution in [1.82, 2.24) is 19.7 Å². The fourth-order valence-electron chi connectivity index (χ4n) is 3.26. The summed E-state index contributed by atoms with van der Waals surface area (Å²) in [4.78, 5) is 19.4. The van der Waals surface area contributed by atoms with Gasteiger partial charge in [0.15, 0.2) is 0 Å². The number of rotatable bonds is 4. The number of nitrogens with zero attached hydrogens (tertiary/aromatic N) is 4. The normalized spacial score (nSPS) is 18.4. The van der Waals surface area contributed by atoms with Crippen LogP contribution in [0.1, 0.15) is 53.8 Å². The maximum atomic E-state index is 12.7. The van der Waals surface area contributed by atoms with Gasteiger partial charge in [0, 0.05) is 36.3 Å². The summed E-state index contributed by atoms with van der Waals surface area (Å²) in [6.45, 7) is 7.53. The minimum Gasteiger partial charge on any atom is -0.333 e. The molecule has 0 unspecified atom stereocenters. The van der Waals surface area contributed by atoms with E-state index in [1.54, 1.807) is 11.3 Å². The number of carbonyl (C=O) groups excluding carboxylic acids is 1. The zero-order valence-corrected chi connectivity index (χ0v) is 14.9. The molecule has 1 aliphatic rings. The average molecular weight is 332 g/mol. The molecule has 0 radical (unpaired) electrons. The standard InChI is InChI=1S/C17H24N4OS/c1-12-10-14(3)21(19-12)9-7-16(22)20-8-5-4-6-15(20)17-18-13(2)11-23-17/h10-11,15H,4-9H2,1-3H3/t15-/m0/s1. The third kappa shape index (κ3) is 3.63. The number of hydrogen-bond donors (Lipinski definition) is 0. The highest BCUT2D eigenvalue weighted by atomic mass is 32.1. The lowest BCUT2D eigenvalue weighted by atomic mass is 10.0. The highest BCUT2D eigenvalue weighted by Crippen LogP contribution is 2.33. The topological polar surface area (TPSA) is 51.0 Å². The molecule has 1 aliphatic heterocycles. The number of aromatic nitrogens is 3. The largest absolute Gasteiger partial charge is 0.333 e. The molecule has 3 rings (SSSR count). The molecule has 1 atom stereocenters. The number of hydrogen-bond acceptors (Lipinski definition) is 4. The molecule has 2 aromatic heterocycles. The fraction of sp³-hybridized carbons (Fsp3) is 0.588. The summed E-state index contributed by atoms with van der Waals surface area (Å²) < 4.78 is 1.93. The van der Waals surface area contributed by atoms with Crippen LogP contribution in [0.15, 0.2) is 11.4 Å². The van der Waals surface area contributed by atoms with Gasteiger partial charge in [-0.25, -0.2) is 4.98 Å². The van der Waals surface area contributed by atoms with Crippen LogP contribution in [0.25, 0.3) is 0 Å². The van der Waals surface area contributed by atoms with Crippen molar-refractivity contribution in [3.05, 3.63) is 33.5 Å². The molecular formula is C17H24N4OS. The van der Waals surface area contributed by atoms with Crippen LogP contribution in [0.5, 0.6) is 0 Å². The molecular weight excluding hydrogens is 308 g/mol. The van der Waals surface area contributed by atoms with Crippen LogP contribution < -0.4 is 0 Å². The average Bonchev–Trinajstić information content (AvgIpc) is 3.10. The summed E-state index contributed by atoms with van der Waals surface area (Å²) in [6.07, 6.45) is 3.79. The van der Waals surface area contributed by atoms with Crippen molar-refractivity contribution >= 4 is 17.2 Å². The summed E-state index contributed by atoms with van der Waals surface area (Å²) in [5.74, 6) is 0.218. The first-order chi connectivity index (χ1) is 11.0. The number of likely N-dealkylation sites (tertiary alicyclic amines) is 1. The van der Waals surface area contributed by atoms with E-state index in [1.165, 1.54) is 6.42 Å². The number of amides is 1. The maximum absolute atomic E-state index is 12.7. The van der Waals surface area contributed by atoms with Crippen LogP contribution in [0, 0.1) is 20.8 Å². The fourth-order valence-corrected chi connectivity index (χ4v) is 4.20. The summed E-state index contributed by atoms with van der Waals surface area (Å²) in [7, 11) is 0. The molecule has 1 fully saturated rings. The van der Waals surface area contributed by atoms with E-state index in [9.17, 15) is 4.79 Å². The third-order valence-electron chi connectivity index (χ3n) is 4.39. The van der Waals surface area contributed by atoms with Gasteiger partial charge in [-0.15, -0.1) is 11.3 Å². The van der Waals surface area contributed by atoms with E-state index in [-0.39, 0.29) is 11.9 Å². The lowest BCUT2D eigenvalue weighted by molar-refractivity contribution is -0.135. The predicted octanol–water partition coefficient (Wildman–Crippen LogP) is 3.41. The molecule has 2 aromatic rings. The summed E-state index contributed by atoms with van der Waals surface area (Å²) >= 11 is 1.67. The van der Waals surface area contributed by atoms with Gasteiger partial charge in [-0.05, 0) is 46.1 Å². The van der Waals surface area contributed by atoms with Crippen LogP contribution in [0.3, 0.4) is 0 Å². The van der Waals surface area contributed by atoms with Crippen molar-refractivity contribution in [3.63, 3.8) is 0 Å². The molecule has 5 nitrogen and oxygen atoms in total. The van der Waals surface area contributed by atoms with Gasteiger partial charge >= 0.3 is 0 Å². The van der Waals surface area contributed by atoms with E-state index >= 15 is 0 Å². The molecule has 0 aromatic carbocycles. The van der Waals surface area contributed by atoms with Crippen LogP contribution in [0.4, 0.5) is 0 Å². The van der Waals surface area contributed by atoms with E-state index < -0.39 is 0 Å². The van der Waals surface area contributed by atoms with E-state index in [2.05, 4.69) is 15.5 Å². The van der Waals surface area contributed by atoms with Gasteiger partial charge in [-0.2, -0.15) is 5.10 Å². The Hall–Kier alpha value is -1.69. The van der Waals surface area contributed by atoms with Gasteiger partial charge in [-0.1, -0.05) is 0 Å². The Morgan fingerprint density at radius 1 is 1.30 bits per heavy atom. The first-order valence-corrected chi connectivity index (χ1v) is 9.15. The highest BCUT2D eigenvalue weighted by molar-refractivity contribution is 7.09. The van der Waals surface area contributed by atoms with Gasteiger partial charge in [-0.3, -0.25) is 9.48 Å². The Morgan fingerprint density at radius 3 is 2.78 bits per heavy atom. The van der Waals surface area contributed by atoms with Gasteiger partial charge in [0.05, 0.1) is 11.7 Å². The molecule has 1 saturated heterocycles. The van der Waals surface area contributed by atoms with E-state index in [1.807, 2.05) is 36.4 Å². The second kappa shape index (κ2) is 6.83. The Labute approximate surface area is 141 Å². The lowest BCUT2D eigenvalue weighted by Crippen LogP contribution is -2.38. The Kier molecular flexibility index (Phi) is 4.80. The molecule has 6 heteroatoms. The lowest BCUT2D eigenvalue weighted by Gasteiger charge is -2.34. The summed E-state index contributed by atoms with van der Waals surface area (Å²) in [6, 6.07) is 2.21. The minimum atomic E-state index is 0.162. The van der Waals surface area contributed by atoms with Gasteiger partial charge in [0.25, 0.3) is 0 Å². The van der Waals surface area contributed by atoms with E-state index in [0.717, 1.165) is 41.5 Å². The first kappa shape index (κ1) is 16.2. The third-order valence-corrected chi connectivity index (χ3v) is 5.45. The molecule has 1 amide bonds. The van der Waals surface area contributed by atoms with Crippen molar-refractivity contribution in [2.24, 2.45) is 0 Å². The number of piperidine rings is 1. The monoisotopic (exact) mass is 332 g/mol. The molecule has 3 heterocycles. The number of carbonyl (C=O) groups is 1. The summed E-state index contributed by atoms with van der Waals surface area (Å²) in [5, 5.41) is 7.60. The zero-order valence-electron chi connectivity index (χ0n) is 14.1. The molecule has 0 saturated carbocycles. The van der Waals surface area contributed by atoms with Crippen molar-refractivity contribution in [3.8, 4) is 0 Å². The second-order valence-corrected chi connectivity index (χ2v) is 7.22.